The highest BCUT2D eigenvalue weighted by Crippen LogP contribution is 2.30. The van der Waals surface area contributed by atoms with Crippen molar-refractivity contribution in [1.82, 2.24) is 24.5 Å². The molecular formula is C37H51N5O8. The standard InChI is InChI=1S/C37H51N5O8/c1-37(2,3)50-36(48)42-18-12-29(22-42)34(46)40-16-10-27(20-40)32(44)38-14-9-26(19-38)31(43)39-15-11-28(21-39)33(45)41-17-13-30(23-41)35(47)49-24-25-7-5-4-6-8-25/h4-8,26-30H,9-24H2,1-3H3. The fourth-order valence-electron chi connectivity index (χ4n) is 7.97. The molecule has 5 saturated heterocycles. The molecule has 5 heterocycles. The van der Waals surface area contributed by atoms with Crippen LogP contribution in [0.5, 0.6) is 0 Å². The average Bonchev–Trinajstić information content (AvgIpc) is 3.95. The number of amides is 5. The van der Waals surface area contributed by atoms with Gasteiger partial charge in [0.05, 0.1) is 29.6 Å². The highest BCUT2D eigenvalue weighted by molar-refractivity contribution is 5.87. The summed E-state index contributed by atoms with van der Waals surface area (Å²) in [5.74, 6) is -1.90. The number of ether oxygens (including phenoxy) is 2. The third kappa shape index (κ3) is 8.24. The van der Waals surface area contributed by atoms with Gasteiger partial charge in [0.1, 0.15) is 12.2 Å². The van der Waals surface area contributed by atoms with Crippen LogP contribution >= 0.6 is 0 Å². The van der Waals surface area contributed by atoms with Crippen LogP contribution in [0.3, 0.4) is 0 Å². The number of likely N-dealkylation sites (tertiary alicyclic amines) is 5. The van der Waals surface area contributed by atoms with Gasteiger partial charge in [0.25, 0.3) is 0 Å². The van der Waals surface area contributed by atoms with Crippen LogP contribution in [0.2, 0.25) is 0 Å². The Morgan fingerprint density at radius 2 is 0.920 bits per heavy atom. The van der Waals surface area contributed by atoms with Crippen molar-refractivity contribution in [2.24, 2.45) is 29.6 Å². The highest BCUT2D eigenvalue weighted by Gasteiger charge is 2.44. The van der Waals surface area contributed by atoms with Crippen LogP contribution in [0.15, 0.2) is 30.3 Å². The molecule has 0 aromatic heterocycles. The summed E-state index contributed by atoms with van der Waals surface area (Å²) in [5, 5.41) is 0. The molecule has 5 amide bonds. The fourth-order valence-corrected chi connectivity index (χ4v) is 7.97. The molecule has 5 aliphatic rings. The van der Waals surface area contributed by atoms with Gasteiger partial charge in [-0.2, -0.15) is 0 Å². The number of carbonyl (C=O) groups is 6. The minimum atomic E-state index is -0.599. The summed E-state index contributed by atoms with van der Waals surface area (Å²) < 4.78 is 11.0. The van der Waals surface area contributed by atoms with Gasteiger partial charge in [-0.1, -0.05) is 30.3 Å². The lowest BCUT2D eigenvalue weighted by atomic mass is 10.1. The number of hydrogen-bond donors (Lipinski definition) is 0. The third-order valence-corrected chi connectivity index (χ3v) is 10.8. The lowest BCUT2D eigenvalue weighted by Gasteiger charge is -2.25. The van der Waals surface area contributed by atoms with Gasteiger partial charge < -0.3 is 34.0 Å². The number of carbonyl (C=O) groups excluding carboxylic acids is 6. The van der Waals surface area contributed by atoms with E-state index in [4.69, 9.17) is 9.47 Å². The first kappa shape index (κ1) is 35.7. The van der Waals surface area contributed by atoms with Gasteiger partial charge >= 0.3 is 12.1 Å². The second kappa shape index (κ2) is 15.0. The van der Waals surface area contributed by atoms with E-state index in [1.54, 1.807) is 24.5 Å². The van der Waals surface area contributed by atoms with E-state index in [9.17, 15) is 28.8 Å². The van der Waals surface area contributed by atoms with Gasteiger partial charge in [0, 0.05) is 65.4 Å². The number of esters is 1. The minimum absolute atomic E-state index is 0.0154. The summed E-state index contributed by atoms with van der Waals surface area (Å²) >= 11 is 0. The first-order chi connectivity index (χ1) is 23.9. The zero-order valence-corrected chi connectivity index (χ0v) is 29.6. The van der Waals surface area contributed by atoms with E-state index < -0.39 is 11.7 Å². The molecule has 1 aromatic carbocycles. The second-order valence-corrected chi connectivity index (χ2v) is 15.6. The molecule has 5 fully saturated rings. The van der Waals surface area contributed by atoms with E-state index in [1.807, 2.05) is 51.1 Å². The normalized spacial score (nSPS) is 26.9. The largest absolute Gasteiger partial charge is 0.461 e. The van der Waals surface area contributed by atoms with Gasteiger partial charge in [0.15, 0.2) is 0 Å². The van der Waals surface area contributed by atoms with Crippen molar-refractivity contribution in [2.45, 2.75) is 65.1 Å². The third-order valence-electron chi connectivity index (χ3n) is 10.8. The molecule has 0 spiro atoms. The molecule has 0 aliphatic carbocycles. The molecule has 6 rings (SSSR count). The second-order valence-electron chi connectivity index (χ2n) is 15.6. The molecule has 0 bridgehead atoms. The maximum absolute atomic E-state index is 13.5. The molecule has 272 valence electrons. The first-order valence-electron chi connectivity index (χ1n) is 18.2. The highest BCUT2D eigenvalue weighted by atomic mass is 16.6. The predicted octanol–water partition coefficient (Wildman–Crippen LogP) is 2.38. The van der Waals surface area contributed by atoms with Crippen molar-refractivity contribution in [2.75, 3.05) is 65.4 Å². The van der Waals surface area contributed by atoms with Crippen LogP contribution in [0.25, 0.3) is 0 Å². The monoisotopic (exact) mass is 693 g/mol. The lowest BCUT2D eigenvalue weighted by Crippen LogP contribution is -2.41. The van der Waals surface area contributed by atoms with Gasteiger partial charge in [-0.25, -0.2) is 4.79 Å². The zero-order chi connectivity index (χ0) is 35.6. The fraction of sp³-hybridized carbons (Fsp3) is 0.676. The lowest BCUT2D eigenvalue weighted by molar-refractivity contribution is -0.149. The van der Waals surface area contributed by atoms with Crippen molar-refractivity contribution in [1.29, 1.82) is 0 Å². The molecule has 13 heteroatoms. The maximum Gasteiger partial charge on any atom is 0.410 e. The van der Waals surface area contributed by atoms with Crippen LogP contribution in [0, 0.1) is 29.6 Å². The Morgan fingerprint density at radius 1 is 0.560 bits per heavy atom. The van der Waals surface area contributed by atoms with Crippen molar-refractivity contribution in [3.8, 4) is 0 Å². The van der Waals surface area contributed by atoms with Crippen LogP contribution in [-0.4, -0.2) is 131 Å². The molecule has 0 N–H and O–H groups in total. The van der Waals surface area contributed by atoms with Crippen LogP contribution in [0.4, 0.5) is 4.79 Å². The predicted molar refractivity (Wildman–Crippen MR) is 181 cm³/mol. The summed E-state index contributed by atoms with van der Waals surface area (Å²) in [4.78, 5) is 87.3. The number of hydrogen-bond acceptors (Lipinski definition) is 8. The Kier molecular flexibility index (Phi) is 10.7. The van der Waals surface area contributed by atoms with Crippen LogP contribution < -0.4 is 0 Å². The number of rotatable bonds is 7. The topological polar surface area (TPSA) is 137 Å². The van der Waals surface area contributed by atoms with Gasteiger partial charge in [0.2, 0.25) is 23.6 Å². The smallest absolute Gasteiger partial charge is 0.410 e. The van der Waals surface area contributed by atoms with Crippen molar-refractivity contribution in [3.05, 3.63) is 35.9 Å². The molecule has 0 saturated carbocycles. The summed E-state index contributed by atoms with van der Waals surface area (Å²) in [7, 11) is 0. The van der Waals surface area contributed by atoms with E-state index >= 15 is 0 Å². The molecule has 0 radical (unpaired) electrons. The Hall–Kier alpha value is -4.16. The SMILES string of the molecule is CC(C)(C)OC(=O)N1CCC(C(=O)N2CCC(C(=O)N3CCC(C(=O)N4CCC(C(=O)N5CCC(C(=O)OCc6ccccc6)C5)C4)C3)C2)C1. The van der Waals surface area contributed by atoms with E-state index in [0.29, 0.717) is 97.6 Å². The molecule has 5 atom stereocenters. The summed E-state index contributed by atoms with van der Waals surface area (Å²) in [6.45, 7) is 9.86. The molecule has 5 unspecified atom stereocenters. The Bertz CT molecular complexity index is 1460. The van der Waals surface area contributed by atoms with E-state index in [1.165, 1.54) is 0 Å². The van der Waals surface area contributed by atoms with Crippen molar-refractivity contribution in [3.63, 3.8) is 0 Å². The van der Waals surface area contributed by atoms with E-state index in [2.05, 4.69) is 0 Å². The Balaban J connectivity index is 0.914. The van der Waals surface area contributed by atoms with Gasteiger partial charge in [-0.05, 0) is 58.4 Å². The average molecular weight is 694 g/mol. The summed E-state index contributed by atoms with van der Waals surface area (Å²) in [6.07, 6.45) is 2.49. The minimum Gasteiger partial charge on any atom is -0.461 e. The Morgan fingerprint density at radius 3 is 1.34 bits per heavy atom. The van der Waals surface area contributed by atoms with Crippen molar-refractivity contribution < 1.29 is 38.2 Å². The quantitative estimate of drug-likeness (QED) is 0.398. The molecule has 13 nitrogen and oxygen atoms in total. The Labute approximate surface area is 294 Å². The number of nitrogens with zero attached hydrogens (tertiary/aromatic N) is 5. The van der Waals surface area contributed by atoms with Gasteiger partial charge in [-0.3, -0.25) is 24.0 Å². The molecule has 1 aromatic rings. The van der Waals surface area contributed by atoms with E-state index in [-0.39, 0.29) is 65.8 Å². The number of benzene rings is 1. The van der Waals surface area contributed by atoms with Crippen LogP contribution in [-0.2, 0) is 40.1 Å². The maximum atomic E-state index is 13.5. The van der Waals surface area contributed by atoms with Gasteiger partial charge in [-0.15, -0.1) is 0 Å². The zero-order valence-electron chi connectivity index (χ0n) is 29.6. The van der Waals surface area contributed by atoms with E-state index in [0.717, 1.165) is 5.56 Å². The summed E-state index contributed by atoms with van der Waals surface area (Å²) in [5.41, 5.74) is 0.321. The first-order valence-corrected chi connectivity index (χ1v) is 18.2. The molecule has 50 heavy (non-hydrogen) atoms. The summed E-state index contributed by atoms with van der Waals surface area (Å²) in [6, 6.07) is 9.51. The van der Waals surface area contributed by atoms with Crippen LogP contribution in [0.1, 0.15) is 58.4 Å². The molecule has 5 aliphatic heterocycles. The molecular weight excluding hydrogens is 642 g/mol. The van der Waals surface area contributed by atoms with Crippen molar-refractivity contribution >= 4 is 35.7 Å².